The molecule has 0 bridgehead atoms. The van der Waals surface area contributed by atoms with Crippen molar-refractivity contribution >= 4 is 47.1 Å². The quantitative estimate of drug-likeness (QED) is 0.0436. The lowest BCUT2D eigenvalue weighted by atomic mass is 9.97. The number of benzene rings is 2. The van der Waals surface area contributed by atoms with E-state index in [1.54, 1.807) is 37.3 Å². The van der Waals surface area contributed by atoms with Crippen molar-refractivity contribution in [2.75, 3.05) is 0 Å². The first-order valence-electron chi connectivity index (χ1n) is 17.9. The lowest BCUT2D eigenvalue weighted by Gasteiger charge is -2.26. The van der Waals surface area contributed by atoms with Crippen LogP contribution in [-0.2, 0) is 46.4 Å². The van der Waals surface area contributed by atoms with Crippen LogP contribution >= 0.6 is 0 Å². The lowest BCUT2D eigenvalue weighted by Crippen LogP contribution is -2.55. The molecule has 2 aromatic rings. The zero-order valence-electron chi connectivity index (χ0n) is 30.6. The number of nitro groups is 1. The molecule has 0 fully saturated rings. The first-order chi connectivity index (χ1) is 25.6. The number of nitrogens with one attached hydrogen (secondary N) is 4. The Hall–Kier alpha value is -5.87. The topological polar surface area (TPSA) is 283 Å². The predicted molar refractivity (Wildman–Crippen MR) is 197 cm³/mol. The van der Waals surface area contributed by atoms with Crippen molar-refractivity contribution in [3.8, 4) is 0 Å². The number of nitrogens with two attached hydrogens (primary N) is 2. The van der Waals surface area contributed by atoms with E-state index in [1.165, 1.54) is 24.3 Å². The third-order valence-corrected chi connectivity index (χ3v) is 8.82. The molecular weight excluding hydrogens is 702 g/mol. The summed E-state index contributed by atoms with van der Waals surface area (Å²) in [4.78, 5) is 97.4. The Morgan fingerprint density at radius 2 is 1.22 bits per heavy atom. The van der Waals surface area contributed by atoms with Gasteiger partial charge in [0.1, 0.15) is 24.2 Å². The summed E-state index contributed by atoms with van der Waals surface area (Å²) >= 11 is 0. The Morgan fingerprint density at radius 1 is 0.704 bits per heavy atom. The first-order valence-corrected chi connectivity index (χ1v) is 17.9. The maximum absolute atomic E-state index is 13.2. The minimum Gasteiger partial charge on any atom is -0.480 e. The highest BCUT2D eigenvalue weighted by atomic mass is 16.6. The summed E-state index contributed by atoms with van der Waals surface area (Å²) in [6.07, 6.45) is 3.14. The molecular formula is C37H51N7O10. The SMILES string of the molecule is CC[C@@H](C)[C@H](NC(=O)CCCCCCCC(=O)N[C@@H](CC(N)=O)C(=O)N[C@@H](Cc1ccccc1)C(=O)O)C(=O)N[C@@H](Cc1ccc([N+](=O)[O-])cc1)C(N)=O. The van der Waals surface area contributed by atoms with Gasteiger partial charge in [0.2, 0.25) is 35.4 Å². The number of non-ortho nitro benzene ring substituents is 1. The number of hydrogen-bond acceptors (Lipinski definition) is 9. The number of primary amides is 2. The maximum Gasteiger partial charge on any atom is 0.326 e. The minimum absolute atomic E-state index is 0.000260. The number of hydrogen-bond donors (Lipinski definition) is 7. The molecule has 0 aromatic heterocycles. The van der Waals surface area contributed by atoms with E-state index in [-0.39, 0.29) is 43.2 Å². The van der Waals surface area contributed by atoms with Crippen LogP contribution in [0.2, 0.25) is 0 Å². The van der Waals surface area contributed by atoms with E-state index in [9.17, 15) is 48.8 Å². The number of nitro benzene ring substituents is 1. The molecule has 0 heterocycles. The Balaban J connectivity index is 1.79. The highest BCUT2D eigenvalue weighted by Crippen LogP contribution is 2.15. The van der Waals surface area contributed by atoms with Crippen molar-refractivity contribution in [3.63, 3.8) is 0 Å². The van der Waals surface area contributed by atoms with E-state index in [2.05, 4.69) is 21.3 Å². The van der Waals surface area contributed by atoms with Gasteiger partial charge in [-0.15, -0.1) is 0 Å². The highest BCUT2D eigenvalue weighted by Gasteiger charge is 2.30. The molecule has 0 unspecified atom stereocenters. The predicted octanol–water partition coefficient (Wildman–Crippen LogP) is 1.54. The third-order valence-electron chi connectivity index (χ3n) is 8.82. The van der Waals surface area contributed by atoms with E-state index in [4.69, 9.17) is 11.5 Å². The van der Waals surface area contributed by atoms with Gasteiger partial charge in [-0.3, -0.25) is 38.9 Å². The molecule has 5 atom stereocenters. The fourth-order valence-electron chi connectivity index (χ4n) is 5.52. The van der Waals surface area contributed by atoms with Gasteiger partial charge in [-0.1, -0.05) is 82.0 Å². The molecule has 54 heavy (non-hydrogen) atoms. The average molecular weight is 754 g/mol. The Morgan fingerprint density at radius 3 is 1.74 bits per heavy atom. The standard InChI is InChI=1S/C37H51N7O10/c1-3-23(2)33(36(50)41-27(34(39)48)20-25-16-18-26(19-17-25)44(53)54)43-32(47)15-11-6-4-5-10-14-31(46)40-28(22-30(38)45)35(49)42-29(37(51)52)21-24-12-8-7-9-13-24/h7-9,12-13,16-19,23,27-29,33H,3-6,10-11,14-15,20-22H2,1-2H3,(H2,38,45)(H2,39,48)(H,40,46)(H,41,50)(H,42,49)(H,43,47)(H,51,52)/t23-,27+,28+,29+,33+/m1/s1. The molecule has 9 N–H and O–H groups in total. The van der Waals surface area contributed by atoms with Gasteiger partial charge < -0.3 is 37.8 Å². The van der Waals surface area contributed by atoms with Crippen LogP contribution in [0, 0.1) is 16.0 Å². The number of carbonyl (C=O) groups is 7. The van der Waals surface area contributed by atoms with Crippen LogP contribution in [0.25, 0.3) is 0 Å². The summed E-state index contributed by atoms with van der Waals surface area (Å²) in [5, 5.41) is 30.7. The number of unbranched alkanes of at least 4 members (excludes halogenated alkanes) is 4. The molecule has 0 aliphatic carbocycles. The molecule has 2 rings (SSSR count). The van der Waals surface area contributed by atoms with E-state index in [0.29, 0.717) is 49.7 Å². The van der Waals surface area contributed by atoms with E-state index in [0.717, 1.165) is 0 Å². The molecule has 0 saturated carbocycles. The Kier molecular flexibility index (Phi) is 18.8. The van der Waals surface area contributed by atoms with Crippen molar-refractivity contribution in [1.82, 2.24) is 21.3 Å². The molecule has 0 saturated heterocycles. The van der Waals surface area contributed by atoms with Crippen molar-refractivity contribution in [2.24, 2.45) is 17.4 Å². The number of carbonyl (C=O) groups excluding carboxylic acids is 6. The molecule has 2 aromatic carbocycles. The molecule has 17 nitrogen and oxygen atoms in total. The second-order valence-electron chi connectivity index (χ2n) is 13.2. The number of nitrogens with zero attached hydrogens (tertiary/aromatic N) is 1. The third kappa shape index (κ3) is 16.2. The maximum atomic E-state index is 13.2. The minimum atomic E-state index is -1.34. The fourth-order valence-corrected chi connectivity index (χ4v) is 5.52. The van der Waals surface area contributed by atoms with Crippen LogP contribution in [-0.4, -0.2) is 75.6 Å². The summed E-state index contributed by atoms with van der Waals surface area (Å²) in [5.74, 6) is -5.47. The molecule has 294 valence electrons. The van der Waals surface area contributed by atoms with Crippen LogP contribution in [0.4, 0.5) is 5.69 Å². The van der Waals surface area contributed by atoms with Crippen LogP contribution in [0.3, 0.4) is 0 Å². The van der Waals surface area contributed by atoms with Gasteiger partial charge in [0.25, 0.3) is 5.69 Å². The van der Waals surface area contributed by atoms with Gasteiger partial charge in [0, 0.05) is 37.8 Å². The number of aliphatic carboxylic acids is 1. The van der Waals surface area contributed by atoms with Crippen molar-refractivity contribution in [2.45, 2.75) is 109 Å². The summed E-state index contributed by atoms with van der Waals surface area (Å²) in [6, 6.07) is 9.51. The summed E-state index contributed by atoms with van der Waals surface area (Å²) in [6.45, 7) is 3.64. The number of carboxylic acid groups (broad SMARTS) is 1. The van der Waals surface area contributed by atoms with Gasteiger partial charge in [-0.2, -0.15) is 0 Å². The molecule has 6 amide bonds. The smallest absolute Gasteiger partial charge is 0.326 e. The van der Waals surface area contributed by atoms with Gasteiger partial charge in [0.15, 0.2) is 0 Å². The van der Waals surface area contributed by atoms with Crippen LogP contribution < -0.4 is 32.7 Å². The van der Waals surface area contributed by atoms with E-state index < -0.39 is 71.0 Å². The molecule has 0 aliphatic heterocycles. The van der Waals surface area contributed by atoms with Gasteiger partial charge >= 0.3 is 5.97 Å². The van der Waals surface area contributed by atoms with Crippen molar-refractivity contribution < 1.29 is 43.6 Å². The fraction of sp³-hybridized carbons (Fsp3) is 0.486. The van der Waals surface area contributed by atoms with Crippen LogP contribution in [0.5, 0.6) is 0 Å². The van der Waals surface area contributed by atoms with Crippen molar-refractivity contribution in [3.05, 3.63) is 75.8 Å². The average Bonchev–Trinajstić information content (AvgIpc) is 3.12. The van der Waals surface area contributed by atoms with E-state index >= 15 is 0 Å². The lowest BCUT2D eigenvalue weighted by molar-refractivity contribution is -0.384. The first kappa shape index (κ1) is 44.3. The molecule has 0 spiro atoms. The highest BCUT2D eigenvalue weighted by molar-refractivity contribution is 5.94. The largest absolute Gasteiger partial charge is 0.480 e. The van der Waals surface area contributed by atoms with Gasteiger partial charge in [-0.25, -0.2) is 4.79 Å². The summed E-state index contributed by atoms with van der Waals surface area (Å²) < 4.78 is 0. The molecule has 17 heteroatoms. The number of carboxylic acids is 1. The zero-order chi connectivity index (χ0) is 40.2. The summed E-state index contributed by atoms with van der Waals surface area (Å²) in [5.41, 5.74) is 11.9. The zero-order valence-corrected chi connectivity index (χ0v) is 30.6. The number of amides is 6. The molecule has 0 radical (unpaired) electrons. The second-order valence-corrected chi connectivity index (χ2v) is 13.2. The van der Waals surface area contributed by atoms with Crippen LogP contribution in [0.15, 0.2) is 54.6 Å². The Labute approximate surface area is 313 Å². The van der Waals surface area contributed by atoms with Gasteiger partial charge in [0.05, 0.1) is 11.3 Å². The molecule has 0 aliphatic rings. The summed E-state index contributed by atoms with van der Waals surface area (Å²) in [7, 11) is 0. The number of rotatable bonds is 25. The van der Waals surface area contributed by atoms with Gasteiger partial charge in [-0.05, 0) is 29.9 Å². The normalized spacial score (nSPS) is 13.6. The second kappa shape index (κ2) is 22.9. The van der Waals surface area contributed by atoms with Crippen molar-refractivity contribution in [1.29, 1.82) is 0 Å². The monoisotopic (exact) mass is 753 g/mol. The van der Waals surface area contributed by atoms with E-state index in [1.807, 2.05) is 6.92 Å². The Bertz CT molecular complexity index is 1600. The van der Waals surface area contributed by atoms with Crippen LogP contribution in [0.1, 0.15) is 82.8 Å².